The highest BCUT2D eigenvalue weighted by molar-refractivity contribution is 9.10. The zero-order chi connectivity index (χ0) is 14.7. The van der Waals surface area contributed by atoms with Crippen LogP contribution in [-0.4, -0.2) is 17.9 Å². The largest absolute Gasteiger partial charge is 0.337 e. The van der Waals surface area contributed by atoms with Crippen LogP contribution in [0.1, 0.15) is 15.9 Å². The van der Waals surface area contributed by atoms with Crippen molar-refractivity contribution in [1.82, 2.24) is 4.90 Å². The van der Waals surface area contributed by atoms with Crippen LogP contribution in [0.4, 0.5) is 0 Å². The van der Waals surface area contributed by atoms with Gasteiger partial charge in [-0.2, -0.15) is 0 Å². The van der Waals surface area contributed by atoms with E-state index in [4.69, 9.17) is 11.6 Å². The highest BCUT2D eigenvalue weighted by Gasteiger charge is 2.15. The summed E-state index contributed by atoms with van der Waals surface area (Å²) >= 11 is 13.7. The Kier molecular flexibility index (Phi) is 5.13. The number of carbonyl (C=O) groups excluding carboxylic acids is 1. The van der Waals surface area contributed by atoms with E-state index in [0.29, 0.717) is 22.0 Å². The molecule has 2 rings (SSSR count). The zero-order valence-corrected chi connectivity index (χ0v) is 14.0. The molecular formula is C15H13BrClNOS. The molecule has 0 heterocycles. The van der Waals surface area contributed by atoms with Crippen molar-refractivity contribution in [2.24, 2.45) is 0 Å². The Morgan fingerprint density at radius 3 is 2.75 bits per heavy atom. The lowest BCUT2D eigenvalue weighted by atomic mass is 10.1. The van der Waals surface area contributed by atoms with Gasteiger partial charge in [0, 0.05) is 23.0 Å². The van der Waals surface area contributed by atoms with Gasteiger partial charge in [0.2, 0.25) is 0 Å². The number of nitrogens with zero attached hydrogens (tertiary/aromatic N) is 1. The van der Waals surface area contributed by atoms with Gasteiger partial charge in [0.25, 0.3) is 5.91 Å². The molecule has 1 amide bonds. The van der Waals surface area contributed by atoms with Gasteiger partial charge in [-0.05, 0) is 35.9 Å². The summed E-state index contributed by atoms with van der Waals surface area (Å²) in [7, 11) is 1.75. The zero-order valence-electron chi connectivity index (χ0n) is 10.8. The molecule has 0 aliphatic rings. The highest BCUT2D eigenvalue weighted by atomic mass is 79.9. The van der Waals surface area contributed by atoms with Crippen LogP contribution in [0.25, 0.3) is 0 Å². The molecule has 20 heavy (non-hydrogen) atoms. The predicted molar refractivity (Wildman–Crippen MR) is 88.6 cm³/mol. The minimum absolute atomic E-state index is 0.120. The van der Waals surface area contributed by atoms with Gasteiger partial charge in [-0.15, -0.1) is 12.6 Å². The number of benzene rings is 2. The molecule has 2 nitrogen and oxygen atoms in total. The van der Waals surface area contributed by atoms with Crippen molar-refractivity contribution in [1.29, 1.82) is 0 Å². The van der Waals surface area contributed by atoms with Crippen LogP contribution >= 0.6 is 40.2 Å². The first-order valence-corrected chi connectivity index (χ1v) is 7.57. The molecule has 0 atom stereocenters. The van der Waals surface area contributed by atoms with E-state index in [2.05, 4.69) is 28.6 Å². The maximum Gasteiger partial charge on any atom is 0.255 e. The summed E-state index contributed by atoms with van der Waals surface area (Å²) in [6, 6.07) is 13.0. The summed E-state index contributed by atoms with van der Waals surface area (Å²) < 4.78 is 0.992. The third-order valence-electron chi connectivity index (χ3n) is 2.84. The Balaban J connectivity index is 2.18. The van der Waals surface area contributed by atoms with Gasteiger partial charge < -0.3 is 4.90 Å². The summed E-state index contributed by atoms with van der Waals surface area (Å²) in [6.45, 7) is 0.519. The van der Waals surface area contributed by atoms with Crippen molar-refractivity contribution in [3.8, 4) is 0 Å². The summed E-state index contributed by atoms with van der Waals surface area (Å²) in [5.41, 5.74) is 1.52. The Morgan fingerprint density at radius 1 is 1.30 bits per heavy atom. The number of carbonyl (C=O) groups is 1. The summed E-state index contributed by atoms with van der Waals surface area (Å²) in [5, 5.41) is 0.439. The number of halogens is 2. The minimum atomic E-state index is -0.120. The third kappa shape index (κ3) is 3.78. The van der Waals surface area contributed by atoms with Gasteiger partial charge in [0.05, 0.1) is 10.6 Å². The average molecular weight is 371 g/mol. The van der Waals surface area contributed by atoms with Crippen LogP contribution in [0.5, 0.6) is 0 Å². The molecule has 0 aromatic heterocycles. The van der Waals surface area contributed by atoms with Crippen molar-refractivity contribution in [3.05, 3.63) is 63.1 Å². The lowest BCUT2D eigenvalue weighted by Crippen LogP contribution is -2.26. The second-order valence-corrected chi connectivity index (χ2v) is 6.29. The molecule has 0 saturated carbocycles. The van der Waals surface area contributed by atoms with E-state index in [-0.39, 0.29) is 5.91 Å². The van der Waals surface area contributed by atoms with Crippen LogP contribution in [-0.2, 0) is 6.54 Å². The highest BCUT2D eigenvalue weighted by Crippen LogP contribution is 2.22. The molecule has 0 aliphatic carbocycles. The van der Waals surface area contributed by atoms with E-state index in [1.807, 2.05) is 24.3 Å². The monoisotopic (exact) mass is 369 g/mol. The quantitative estimate of drug-likeness (QED) is 0.779. The Morgan fingerprint density at radius 2 is 2.05 bits per heavy atom. The predicted octanol–water partition coefficient (Wildman–Crippen LogP) is 4.66. The summed E-state index contributed by atoms with van der Waals surface area (Å²) in [6.07, 6.45) is 0. The Bertz CT molecular complexity index is 648. The molecular weight excluding hydrogens is 358 g/mol. The van der Waals surface area contributed by atoms with Gasteiger partial charge in [-0.25, -0.2) is 0 Å². The van der Waals surface area contributed by atoms with E-state index in [1.165, 1.54) is 0 Å². The lowest BCUT2D eigenvalue weighted by Gasteiger charge is -2.18. The molecule has 0 bridgehead atoms. The maximum absolute atomic E-state index is 12.4. The fourth-order valence-electron chi connectivity index (χ4n) is 1.86. The van der Waals surface area contributed by atoms with Gasteiger partial charge in [0.1, 0.15) is 0 Å². The third-order valence-corrected chi connectivity index (χ3v) is 3.94. The first-order chi connectivity index (χ1) is 9.47. The number of amides is 1. The first-order valence-electron chi connectivity index (χ1n) is 5.96. The minimum Gasteiger partial charge on any atom is -0.337 e. The van der Waals surface area contributed by atoms with E-state index in [0.717, 1.165) is 10.0 Å². The molecule has 2 aromatic carbocycles. The van der Waals surface area contributed by atoms with E-state index in [1.54, 1.807) is 30.1 Å². The van der Waals surface area contributed by atoms with Crippen LogP contribution in [0.2, 0.25) is 5.02 Å². The van der Waals surface area contributed by atoms with Crippen molar-refractivity contribution in [3.63, 3.8) is 0 Å². The van der Waals surface area contributed by atoms with Gasteiger partial charge in [0.15, 0.2) is 0 Å². The van der Waals surface area contributed by atoms with Crippen LogP contribution in [0.15, 0.2) is 51.8 Å². The van der Waals surface area contributed by atoms with E-state index in [9.17, 15) is 4.79 Å². The molecule has 0 saturated heterocycles. The van der Waals surface area contributed by atoms with Crippen LogP contribution in [0.3, 0.4) is 0 Å². The van der Waals surface area contributed by atoms with Crippen molar-refractivity contribution in [2.45, 2.75) is 11.4 Å². The number of hydrogen-bond acceptors (Lipinski definition) is 2. The molecule has 0 unspecified atom stereocenters. The fraction of sp³-hybridized carbons (Fsp3) is 0.133. The normalized spacial score (nSPS) is 10.4. The van der Waals surface area contributed by atoms with Crippen LogP contribution < -0.4 is 0 Å². The van der Waals surface area contributed by atoms with Crippen LogP contribution in [0, 0.1) is 0 Å². The molecule has 0 spiro atoms. The summed E-state index contributed by atoms with van der Waals surface area (Å²) in [5.74, 6) is -0.120. The SMILES string of the molecule is CN(Cc1cccc(Br)c1)C(=O)c1cc(S)ccc1Cl. The molecule has 0 aliphatic heterocycles. The molecule has 0 fully saturated rings. The van der Waals surface area contributed by atoms with Crippen molar-refractivity contribution >= 4 is 46.1 Å². The molecule has 0 radical (unpaired) electrons. The second kappa shape index (κ2) is 6.66. The standard InChI is InChI=1S/C15H13BrClNOS/c1-18(9-10-3-2-4-11(16)7-10)15(19)13-8-12(20)5-6-14(13)17/h2-8,20H,9H2,1H3. The molecule has 104 valence electrons. The lowest BCUT2D eigenvalue weighted by molar-refractivity contribution is 0.0785. The smallest absolute Gasteiger partial charge is 0.255 e. The van der Waals surface area contributed by atoms with Gasteiger partial charge >= 0.3 is 0 Å². The Hall–Kier alpha value is -0.970. The Labute approximate surface area is 137 Å². The van der Waals surface area contributed by atoms with E-state index >= 15 is 0 Å². The average Bonchev–Trinajstić information content (AvgIpc) is 2.40. The number of thiol groups is 1. The first kappa shape index (κ1) is 15.4. The summed E-state index contributed by atoms with van der Waals surface area (Å²) in [4.78, 5) is 14.8. The number of rotatable bonds is 3. The maximum atomic E-state index is 12.4. The van der Waals surface area contributed by atoms with E-state index < -0.39 is 0 Å². The van der Waals surface area contributed by atoms with Gasteiger partial charge in [-0.3, -0.25) is 4.79 Å². The molecule has 2 aromatic rings. The van der Waals surface area contributed by atoms with Crippen molar-refractivity contribution < 1.29 is 4.79 Å². The fourth-order valence-corrected chi connectivity index (χ4v) is 2.71. The van der Waals surface area contributed by atoms with Gasteiger partial charge in [-0.1, -0.05) is 39.7 Å². The topological polar surface area (TPSA) is 20.3 Å². The molecule has 5 heteroatoms. The van der Waals surface area contributed by atoms with Crippen molar-refractivity contribution in [2.75, 3.05) is 7.05 Å². The number of hydrogen-bond donors (Lipinski definition) is 1. The second-order valence-electron chi connectivity index (χ2n) is 4.46. The molecule has 0 N–H and O–H groups in total.